The van der Waals surface area contributed by atoms with E-state index in [-0.39, 0.29) is 0 Å². The minimum absolute atomic E-state index is 0.575. The molecule has 1 nitrogen and oxygen atoms in total. The Kier molecular flexibility index (Phi) is 3.31. The van der Waals surface area contributed by atoms with Crippen molar-refractivity contribution in [3.63, 3.8) is 0 Å². The largest absolute Gasteiger partial charge is 0.300 e. The van der Waals surface area contributed by atoms with Crippen LogP contribution in [0.5, 0.6) is 0 Å². The molecule has 0 heterocycles. The Bertz CT molecular complexity index is 510. The van der Waals surface area contributed by atoms with E-state index in [2.05, 4.69) is 6.92 Å². The summed E-state index contributed by atoms with van der Waals surface area (Å²) in [6.45, 7) is 2.68. The van der Waals surface area contributed by atoms with Crippen molar-refractivity contribution >= 4 is 5.78 Å². The molecule has 0 aromatic heterocycles. The highest BCUT2D eigenvalue weighted by Gasteiger charge is 2.61. The third-order valence-corrected chi connectivity index (χ3v) is 9.82. The molecule has 7 atom stereocenters. The fourth-order valence-corrected chi connectivity index (χ4v) is 8.78. The average Bonchev–Trinajstić information content (AvgIpc) is 2.93. The summed E-state index contributed by atoms with van der Waals surface area (Å²) in [4.78, 5) is 12.0. The molecule has 5 fully saturated rings. The summed E-state index contributed by atoms with van der Waals surface area (Å²) >= 11 is 0. The van der Waals surface area contributed by atoms with Crippen molar-refractivity contribution in [3.05, 3.63) is 0 Å². The van der Waals surface area contributed by atoms with Crippen LogP contribution in [-0.4, -0.2) is 5.78 Å². The smallest absolute Gasteiger partial charge is 0.133 e. The SMILES string of the molecule is CC12CCCCC1CCC1C2CC[C@]23CCC(=O)CC2CCC13. The van der Waals surface area contributed by atoms with Crippen LogP contribution < -0.4 is 0 Å². The molecule has 5 aliphatic carbocycles. The third kappa shape index (κ3) is 1.94. The minimum atomic E-state index is 0.575. The number of hydrogen-bond donors (Lipinski definition) is 0. The topological polar surface area (TPSA) is 17.1 Å². The van der Waals surface area contributed by atoms with Crippen molar-refractivity contribution in [2.75, 3.05) is 0 Å². The van der Waals surface area contributed by atoms with E-state index in [1.807, 2.05) is 0 Å². The second-order valence-corrected chi connectivity index (χ2v) is 10.2. The van der Waals surface area contributed by atoms with E-state index < -0.39 is 0 Å². The second-order valence-electron chi connectivity index (χ2n) is 10.2. The zero-order valence-electron chi connectivity index (χ0n) is 15.0. The van der Waals surface area contributed by atoms with Gasteiger partial charge in [0.25, 0.3) is 0 Å². The Morgan fingerprint density at radius 3 is 2.61 bits per heavy atom. The van der Waals surface area contributed by atoms with E-state index in [1.165, 1.54) is 70.6 Å². The quantitative estimate of drug-likeness (QED) is 0.555. The Morgan fingerprint density at radius 1 is 0.826 bits per heavy atom. The maximum absolute atomic E-state index is 12.0. The molecule has 5 rings (SSSR count). The van der Waals surface area contributed by atoms with E-state index in [0.29, 0.717) is 16.6 Å². The zero-order valence-corrected chi connectivity index (χ0v) is 15.0. The monoisotopic (exact) mass is 314 g/mol. The van der Waals surface area contributed by atoms with Gasteiger partial charge in [-0.15, -0.1) is 0 Å². The highest BCUT2D eigenvalue weighted by Crippen LogP contribution is 2.69. The van der Waals surface area contributed by atoms with Crippen LogP contribution >= 0.6 is 0 Å². The summed E-state index contributed by atoms with van der Waals surface area (Å²) < 4.78 is 0. The average molecular weight is 315 g/mol. The van der Waals surface area contributed by atoms with Crippen molar-refractivity contribution in [1.29, 1.82) is 0 Å². The van der Waals surface area contributed by atoms with Crippen LogP contribution in [0.1, 0.15) is 90.4 Å². The molecule has 0 N–H and O–H groups in total. The van der Waals surface area contributed by atoms with Gasteiger partial charge >= 0.3 is 0 Å². The van der Waals surface area contributed by atoms with Gasteiger partial charge in [0.2, 0.25) is 0 Å². The molecule has 1 heteroatoms. The first-order chi connectivity index (χ1) is 11.1. The molecule has 128 valence electrons. The normalized spacial score (nSPS) is 55.5. The van der Waals surface area contributed by atoms with Gasteiger partial charge in [0.1, 0.15) is 5.78 Å². The van der Waals surface area contributed by atoms with Crippen LogP contribution in [0.3, 0.4) is 0 Å². The Labute approximate surface area is 142 Å². The molecule has 5 saturated carbocycles. The molecule has 23 heavy (non-hydrogen) atoms. The van der Waals surface area contributed by atoms with E-state index in [4.69, 9.17) is 0 Å². The summed E-state index contributed by atoms with van der Waals surface area (Å²) in [5, 5.41) is 0. The summed E-state index contributed by atoms with van der Waals surface area (Å²) in [7, 11) is 0. The van der Waals surface area contributed by atoms with Crippen LogP contribution in [0.15, 0.2) is 0 Å². The van der Waals surface area contributed by atoms with E-state index in [1.54, 1.807) is 0 Å². The number of rotatable bonds is 0. The second kappa shape index (κ2) is 5.09. The van der Waals surface area contributed by atoms with Gasteiger partial charge in [0.05, 0.1) is 0 Å². The Morgan fingerprint density at radius 2 is 1.70 bits per heavy atom. The lowest BCUT2D eigenvalue weighted by Crippen LogP contribution is -2.54. The maximum atomic E-state index is 12.0. The zero-order chi connectivity index (χ0) is 15.7. The molecule has 0 radical (unpaired) electrons. The van der Waals surface area contributed by atoms with Gasteiger partial charge in [-0.05, 0) is 98.2 Å². The molecule has 0 aromatic carbocycles. The molecular weight excluding hydrogens is 280 g/mol. The number of carbonyl (C=O) groups is 1. The molecule has 0 aliphatic heterocycles. The third-order valence-electron chi connectivity index (χ3n) is 9.82. The summed E-state index contributed by atoms with van der Waals surface area (Å²) in [5.74, 6) is 5.41. The number of Topliss-reactive ketones (excluding diaryl/α,β-unsaturated/α-hetero) is 1. The van der Waals surface area contributed by atoms with E-state index in [0.717, 1.165) is 42.4 Å². The Hall–Kier alpha value is -0.330. The Balaban J connectivity index is 1.46. The van der Waals surface area contributed by atoms with E-state index in [9.17, 15) is 4.79 Å². The molecule has 0 bridgehead atoms. The van der Waals surface area contributed by atoms with Gasteiger partial charge in [-0.25, -0.2) is 0 Å². The number of ketones is 1. The van der Waals surface area contributed by atoms with Crippen molar-refractivity contribution < 1.29 is 4.79 Å². The summed E-state index contributed by atoms with van der Waals surface area (Å²) in [5.41, 5.74) is 1.28. The van der Waals surface area contributed by atoms with Gasteiger partial charge < -0.3 is 0 Å². The van der Waals surface area contributed by atoms with Crippen LogP contribution in [0.2, 0.25) is 0 Å². The highest BCUT2D eigenvalue weighted by molar-refractivity contribution is 5.79. The van der Waals surface area contributed by atoms with Crippen LogP contribution in [0.4, 0.5) is 0 Å². The molecule has 0 amide bonds. The van der Waals surface area contributed by atoms with Gasteiger partial charge in [0, 0.05) is 12.8 Å². The van der Waals surface area contributed by atoms with Gasteiger partial charge in [-0.3, -0.25) is 4.79 Å². The van der Waals surface area contributed by atoms with Gasteiger partial charge in [-0.1, -0.05) is 19.8 Å². The van der Waals surface area contributed by atoms with E-state index >= 15 is 0 Å². The molecule has 0 aromatic rings. The fraction of sp³-hybridized carbons (Fsp3) is 0.955. The predicted octanol–water partition coefficient (Wildman–Crippen LogP) is 5.77. The molecule has 5 aliphatic rings. The van der Waals surface area contributed by atoms with Gasteiger partial charge in [0.15, 0.2) is 0 Å². The lowest BCUT2D eigenvalue weighted by atomic mass is 9.43. The summed E-state index contributed by atoms with van der Waals surface area (Å²) in [6.07, 6.45) is 18.0. The fourth-order valence-electron chi connectivity index (χ4n) is 8.78. The molecule has 0 saturated heterocycles. The predicted molar refractivity (Wildman–Crippen MR) is 93.0 cm³/mol. The maximum Gasteiger partial charge on any atom is 0.133 e. The van der Waals surface area contributed by atoms with Crippen molar-refractivity contribution in [2.24, 2.45) is 40.4 Å². The molecule has 6 unspecified atom stereocenters. The standard InChI is InChI=1S/C22H34O/c1-21-11-3-2-4-15(21)5-7-18-19(21)10-13-22-12-9-17(23)14-16(22)6-8-20(18)22/h15-16,18-20H,2-14H2,1H3/t15?,16?,18?,19?,20?,21?,22-/m1/s1. The number of carbonyl (C=O) groups excluding carboxylic acids is 1. The van der Waals surface area contributed by atoms with Crippen LogP contribution in [-0.2, 0) is 4.79 Å². The molecule has 1 spiro atoms. The van der Waals surface area contributed by atoms with Crippen LogP contribution in [0.25, 0.3) is 0 Å². The summed E-state index contributed by atoms with van der Waals surface area (Å²) in [6, 6.07) is 0. The first-order valence-electron chi connectivity index (χ1n) is 10.7. The minimum Gasteiger partial charge on any atom is -0.300 e. The number of hydrogen-bond acceptors (Lipinski definition) is 1. The molecular formula is C22H34O. The van der Waals surface area contributed by atoms with Crippen molar-refractivity contribution in [1.82, 2.24) is 0 Å². The lowest BCUT2D eigenvalue weighted by molar-refractivity contribution is -0.138. The first-order valence-corrected chi connectivity index (χ1v) is 10.7. The number of fused-ring (bicyclic) bond motifs is 4. The van der Waals surface area contributed by atoms with Crippen molar-refractivity contribution in [2.45, 2.75) is 90.4 Å². The van der Waals surface area contributed by atoms with Gasteiger partial charge in [-0.2, -0.15) is 0 Å². The van der Waals surface area contributed by atoms with Crippen molar-refractivity contribution in [3.8, 4) is 0 Å². The lowest BCUT2D eigenvalue weighted by Gasteiger charge is -2.61. The first kappa shape index (κ1) is 15.0. The highest BCUT2D eigenvalue weighted by atomic mass is 16.1. The van der Waals surface area contributed by atoms with Crippen LogP contribution in [0, 0.1) is 40.4 Å².